The van der Waals surface area contributed by atoms with Gasteiger partial charge in [0.25, 0.3) is 0 Å². The first-order valence-electron chi connectivity index (χ1n) is 7.39. The van der Waals surface area contributed by atoms with Gasteiger partial charge in [-0.2, -0.15) is 5.10 Å². The zero-order valence-corrected chi connectivity index (χ0v) is 13.9. The Balaban J connectivity index is 1.52. The fourth-order valence-electron chi connectivity index (χ4n) is 2.39. The molecular weight excluding hydrogens is 334 g/mol. The maximum absolute atomic E-state index is 12.2. The number of nitrogens with one attached hydrogen (secondary N) is 1. The third-order valence-corrected chi connectivity index (χ3v) is 4.48. The lowest BCUT2D eigenvalue weighted by atomic mass is 10.1. The van der Waals surface area contributed by atoms with Gasteiger partial charge >= 0.3 is 0 Å². The summed E-state index contributed by atoms with van der Waals surface area (Å²) in [6.45, 7) is 1.64. The molecule has 1 aliphatic rings. The van der Waals surface area contributed by atoms with Crippen molar-refractivity contribution in [2.45, 2.75) is 19.6 Å². The molecule has 24 heavy (non-hydrogen) atoms. The fourth-order valence-corrected chi connectivity index (χ4v) is 3.23. The zero-order valence-electron chi connectivity index (χ0n) is 13.1. The number of carbonyl (C=O) groups excluding carboxylic acids is 2. The first-order chi connectivity index (χ1) is 11.7. The summed E-state index contributed by atoms with van der Waals surface area (Å²) in [5.74, 6) is -0.651. The van der Waals surface area contributed by atoms with Crippen LogP contribution in [0.2, 0.25) is 0 Å². The van der Waals surface area contributed by atoms with Gasteiger partial charge in [0.15, 0.2) is 0 Å². The lowest BCUT2D eigenvalue weighted by Gasteiger charge is -2.12. The van der Waals surface area contributed by atoms with Gasteiger partial charge in [-0.25, -0.2) is 4.98 Å². The Morgan fingerprint density at radius 1 is 1.50 bits per heavy atom. The second-order valence-corrected chi connectivity index (χ2v) is 6.31. The number of rotatable bonds is 7. The summed E-state index contributed by atoms with van der Waals surface area (Å²) in [7, 11) is 1.57. The van der Waals surface area contributed by atoms with E-state index < -0.39 is 0 Å². The number of anilines is 1. The number of hydrogen-bond acceptors (Lipinski definition) is 8. The predicted octanol–water partition coefficient (Wildman–Crippen LogP) is -0.555. The van der Waals surface area contributed by atoms with Crippen LogP contribution in [0.15, 0.2) is 12.7 Å². The monoisotopic (exact) mass is 351 g/mol. The minimum absolute atomic E-state index is 0.119. The van der Waals surface area contributed by atoms with E-state index in [0.717, 1.165) is 0 Å². The highest BCUT2D eigenvalue weighted by Crippen LogP contribution is 2.28. The van der Waals surface area contributed by atoms with Crippen molar-refractivity contribution in [3.05, 3.63) is 17.7 Å². The molecule has 0 aromatic carbocycles. The molecule has 2 aromatic rings. The number of hydrogen-bond donors (Lipinski definition) is 1. The number of nitrogens with zero attached hydrogens (tertiary/aromatic N) is 6. The molecule has 0 spiro atoms. The molecule has 10 nitrogen and oxygen atoms in total. The van der Waals surface area contributed by atoms with Crippen LogP contribution in [0.4, 0.5) is 5.13 Å². The SMILES string of the molecule is COCc1nnc(N2CC(C(=O)NCCn3cncn3)CC2=O)s1. The van der Waals surface area contributed by atoms with Crippen molar-refractivity contribution in [2.24, 2.45) is 5.92 Å². The molecular formula is C13H17N7O3S. The molecule has 1 N–H and O–H groups in total. The third kappa shape index (κ3) is 3.74. The largest absolute Gasteiger partial charge is 0.377 e. The van der Waals surface area contributed by atoms with Crippen molar-refractivity contribution >= 4 is 28.3 Å². The molecule has 0 radical (unpaired) electrons. The maximum atomic E-state index is 12.2. The van der Waals surface area contributed by atoms with E-state index in [4.69, 9.17) is 4.74 Å². The van der Waals surface area contributed by atoms with Crippen LogP contribution in [0.25, 0.3) is 0 Å². The van der Waals surface area contributed by atoms with Crippen LogP contribution in [0.1, 0.15) is 11.4 Å². The Morgan fingerprint density at radius 3 is 3.12 bits per heavy atom. The van der Waals surface area contributed by atoms with Gasteiger partial charge in [-0.1, -0.05) is 11.3 Å². The van der Waals surface area contributed by atoms with Gasteiger partial charge < -0.3 is 10.1 Å². The van der Waals surface area contributed by atoms with Crippen molar-refractivity contribution in [3.8, 4) is 0 Å². The summed E-state index contributed by atoms with van der Waals surface area (Å²) >= 11 is 1.30. The van der Waals surface area contributed by atoms with Crippen molar-refractivity contribution in [1.82, 2.24) is 30.3 Å². The van der Waals surface area contributed by atoms with E-state index in [0.29, 0.717) is 36.4 Å². The lowest BCUT2D eigenvalue weighted by Crippen LogP contribution is -2.34. The summed E-state index contributed by atoms with van der Waals surface area (Å²) in [5, 5.41) is 15.9. The van der Waals surface area contributed by atoms with Gasteiger partial charge in [0.2, 0.25) is 16.9 Å². The van der Waals surface area contributed by atoms with Crippen molar-refractivity contribution in [1.29, 1.82) is 0 Å². The van der Waals surface area contributed by atoms with Gasteiger partial charge in [-0.3, -0.25) is 19.2 Å². The lowest BCUT2D eigenvalue weighted by molar-refractivity contribution is -0.126. The predicted molar refractivity (Wildman–Crippen MR) is 84.1 cm³/mol. The zero-order chi connectivity index (χ0) is 16.9. The van der Waals surface area contributed by atoms with Gasteiger partial charge in [0.1, 0.15) is 24.3 Å². The molecule has 128 valence electrons. The van der Waals surface area contributed by atoms with E-state index in [9.17, 15) is 9.59 Å². The molecule has 2 amide bonds. The first kappa shape index (κ1) is 16.5. The van der Waals surface area contributed by atoms with Crippen LogP contribution in [0, 0.1) is 5.92 Å². The molecule has 0 bridgehead atoms. The van der Waals surface area contributed by atoms with Gasteiger partial charge in [-0.05, 0) is 0 Å². The molecule has 11 heteroatoms. The van der Waals surface area contributed by atoms with Crippen LogP contribution < -0.4 is 10.2 Å². The van der Waals surface area contributed by atoms with E-state index >= 15 is 0 Å². The quantitative estimate of drug-likeness (QED) is 0.711. The number of ether oxygens (including phenoxy) is 1. The Labute approximate surface area is 141 Å². The summed E-state index contributed by atoms with van der Waals surface area (Å²) < 4.78 is 6.62. The number of methoxy groups -OCH3 is 1. The molecule has 1 saturated heterocycles. The van der Waals surface area contributed by atoms with Crippen molar-refractivity contribution in [3.63, 3.8) is 0 Å². The number of carbonyl (C=O) groups is 2. The minimum atomic E-state index is -0.386. The topological polar surface area (TPSA) is 115 Å². The highest BCUT2D eigenvalue weighted by molar-refractivity contribution is 7.15. The highest BCUT2D eigenvalue weighted by atomic mass is 32.1. The summed E-state index contributed by atoms with van der Waals surface area (Å²) in [5.41, 5.74) is 0. The second-order valence-electron chi connectivity index (χ2n) is 5.27. The molecule has 0 aliphatic carbocycles. The second kappa shape index (κ2) is 7.45. The summed E-state index contributed by atoms with van der Waals surface area (Å²) in [4.78, 5) is 29.7. The minimum Gasteiger partial charge on any atom is -0.377 e. The van der Waals surface area contributed by atoms with Crippen molar-refractivity contribution in [2.75, 3.05) is 25.1 Å². The summed E-state index contributed by atoms with van der Waals surface area (Å²) in [6, 6.07) is 0. The standard InChI is InChI=1S/C13H17N7O3S/c1-23-6-10-17-18-13(24-10)20-5-9(4-11(20)21)12(22)15-2-3-19-8-14-7-16-19/h7-9H,2-6H2,1H3,(H,15,22). The van der Waals surface area contributed by atoms with E-state index in [-0.39, 0.29) is 24.2 Å². The van der Waals surface area contributed by atoms with Crippen LogP contribution in [0.3, 0.4) is 0 Å². The Bertz CT molecular complexity index is 702. The molecule has 1 unspecified atom stereocenters. The molecule has 2 aromatic heterocycles. The third-order valence-electron chi connectivity index (χ3n) is 3.56. The van der Waals surface area contributed by atoms with Crippen LogP contribution in [-0.4, -0.2) is 57.0 Å². The van der Waals surface area contributed by atoms with Crippen molar-refractivity contribution < 1.29 is 14.3 Å². The molecule has 1 aliphatic heterocycles. The normalized spacial score (nSPS) is 17.5. The Morgan fingerprint density at radius 2 is 2.38 bits per heavy atom. The van der Waals surface area contributed by atoms with Gasteiger partial charge in [0.05, 0.1) is 12.5 Å². The average Bonchev–Trinajstić information content (AvgIpc) is 3.28. The van der Waals surface area contributed by atoms with E-state index in [1.54, 1.807) is 18.1 Å². The molecule has 1 fully saturated rings. The maximum Gasteiger partial charge on any atom is 0.229 e. The number of amides is 2. The Kier molecular flexibility index (Phi) is 5.11. The van der Waals surface area contributed by atoms with Gasteiger partial charge in [0, 0.05) is 26.6 Å². The van der Waals surface area contributed by atoms with E-state index in [1.165, 1.54) is 22.6 Å². The number of aromatic nitrogens is 5. The van der Waals surface area contributed by atoms with Crippen LogP contribution >= 0.6 is 11.3 Å². The van der Waals surface area contributed by atoms with E-state index in [1.807, 2.05) is 0 Å². The van der Waals surface area contributed by atoms with Gasteiger partial charge in [-0.15, -0.1) is 10.2 Å². The summed E-state index contributed by atoms with van der Waals surface area (Å²) in [6.07, 6.45) is 3.20. The highest BCUT2D eigenvalue weighted by Gasteiger charge is 2.36. The fraction of sp³-hybridized carbons (Fsp3) is 0.538. The smallest absolute Gasteiger partial charge is 0.229 e. The van der Waals surface area contributed by atoms with Crippen LogP contribution in [-0.2, 0) is 27.5 Å². The molecule has 0 saturated carbocycles. The molecule has 1 atom stereocenters. The average molecular weight is 351 g/mol. The van der Waals surface area contributed by atoms with E-state index in [2.05, 4.69) is 25.6 Å². The Hall–Kier alpha value is -2.40. The molecule has 3 heterocycles. The van der Waals surface area contributed by atoms with Crippen LogP contribution in [0.5, 0.6) is 0 Å². The first-order valence-corrected chi connectivity index (χ1v) is 8.21. The molecule has 3 rings (SSSR count).